The molecular weight excluding hydrogens is 360 g/mol. The van der Waals surface area contributed by atoms with Gasteiger partial charge < -0.3 is 0 Å². The van der Waals surface area contributed by atoms with Crippen LogP contribution in [0.5, 0.6) is 0 Å². The van der Waals surface area contributed by atoms with E-state index in [0.717, 1.165) is 6.42 Å². The maximum Gasteiger partial charge on any atom is -0.00538 e. The zero-order chi connectivity index (χ0) is 21.3. The molecule has 0 bridgehead atoms. The highest BCUT2D eigenvalue weighted by molar-refractivity contribution is 6.03. The van der Waals surface area contributed by atoms with E-state index in [-0.39, 0.29) is 10.8 Å². The van der Waals surface area contributed by atoms with Crippen molar-refractivity contribution in [2.75, 3.05) is 0 Å². The molecule has 0 radical (unpaired) electrons. The first-order valence-corrected chi connectivity index (χ1v) is 11.2. The summed E-state index contributed by atoms with van der Waals surface area (Å²) < 4.78 is 0. The summed E-state index contributed by atoms with van der Waals surface area (Å²) in [6.45, 7) is 14.0. The summed E-state index contributed by atoms with van der Waals surface area (Å²) in [4.78, 5) is 0. The molecular formula is C30H32. The SMILES string of the molecule is Cc1ccc(-c2cc(C)cc3c4c(ccc23)C2=C(CC(C)(C)C=C2)CC4(C)C)cc1. The average Bonchev–Trinajstić information content (AvgIpc) is 2.66. The fourth-order valence-electron chi connectivity index (χ4n) is 5.70. The summed E-state index contributed by atoms with van der Waals surface area (Å²) >= 11 is 0. The first kappa shape index (κ1) is 19.4. The molecule has 0 spiro atoms. The molecule has 0 heterocycles. The van der Waals surface area contributed by atoms with Gasteiger partial charge in [-0.05, 0) is 81.7 Å². The molecule has 0 amide bonds. The van der Waals surface area contributed by atoms with Crippen LogP contribution < -0.4 is 0 Å². The number of allylic oxidation sites excluding steroid dienone is 4. The standard InChI is InChI=1S/C30H32/c1-19-7-9-21(10-8-19)26-15-20(2)16-27-24(26)11-12-25-23-13-14-29(3,4)17-22(23)18-30(5,6)28(25)27/h7-16H,17-18H2,1-6H3. The lowest BCUT2D eigenvalue weighted by atomic mass is 9.64. The Labute approximate surface area is 181 Å². The monoisotopic (exact) mass is 392 g/mol. The molecule has 152 valence electrons. The second-order valence-corrected chi connectivity index (χ2v) is 10.8. The number of fused-ring (bicyclic) bond motifs is 4. The Balaban J connectivity index is 1.80. The minimum atomic E-state index is 0.132. The molecule has 0 atom stereocenters. The molecule has 0 aromatic heterocycles. The van der Waals surface area contributed by atoms with Crippen molar-refractivity contribution in [1.29, 1.82) is 0 Å². The normalized spacial score (nSPS) is 19.0. The summed E-state index contributed by atoms with van der Waals surface area (Å²) in [5.74, 6) is 0. The van der Waals surface area contributed by atoms with Gasteiger partial charge in [-0.25, -0.2) is 0 Å². The Hall–Kier alpha value is -2.60. The Morgan fingerprint density at radius 1 is 0.700 bits per heavy atom. The largest absolute Gasteiger partial charge is 0.0779 e. The minimum Gasteiger partial charge on any atom is -0.0779 e. The highest BCUT2D eigenvalue weighted by Crippen LogP contribution is 2.51. The van der Waals surface area contributed by atoms with Crippen molar-refractivity contribution in [3.8, 4) is 11.1 Å². The van der Waals surface area contributed by atoms with Crippen LogP contribution in [0, 0.1) is 19.3 Å². The quantitative estimate of drug-likeness (QED) is 0.389. The van der Waals surface area contributed by atoms with Gasteiger partial charge in [0, 0.05) is 0 Å². The smallest absolute Gasteiger partial charge is 0.00538 e. The van der Waals surface area contributed by atoms with Crippen molar-refractivity contribution in [1.82, 2.24) is 0 Å². The lowest BCUT2D eigenvalue weighted by Crippen LogP contribution is -2.28. The molecule has 3 aromatic carbocycles. The average molecular weight is 393 g/mol. The molecule has 0 saturated carbocycles. The molecule has 0 unspecified atom stereocenters. The fourth-order valence-corrected chi connectivity index (χ4v) is 5.70. The van der Waals surface area contributed by atoms with Crippen LogP contribution in [0.4, 0.5) is 0 Å². The number of benzene rings is 3. The summed E-state index contributed by atoms with van der Waals surface area (Å²) in [6.07, 6.45) is 7.12. The molecule has 2 aliphatic carbocycles. The molecule has 0 fully saturated rings. The van der Waals surface area contributed by atoms with Gasteiger partial charge in [0.25, 0.3) is 0 Å². The van der Waals surface area contributed by atoms with Crippen molar-refractivity contribution in [2.45, 2.75) is 59.8 Å². The van der Waals surface area contributed by atoms with Gasteiger partial charge in [-0.1, -0.05) is 99.5 Å². The van der Waals surface area contributed by atoms with Crippen LogP contribution in [0.3, 0.4) is 0 Å². The lowest BCUT2D eigenvalue weighted by molar-refractivity contribution is 0.429. The van der Waals surface area contributed by atoms with Crippen LogP contribution in [0.15, 0.2) is 66.3 Å². The van der Waals surface area contributed by atoms with E-state index in [0.29, 0.717) is 0 Å². The topological polar surface area (TPSA) is 0 Å². The molecule has 0 N–H and O–H groups in total. The van der Waals surface area contributed by atoms with Crippen LogP contribution in [-0.4, -0.2) is 0 Å². The molecule has 5 rings (SSSR count). The van der Waals surface area contributed by atoms with E-state index in [9.17, 15) is 0 Å². The van der Waals surface area contributed by atoms with Crippen molar-refractivity contribution in [3.63, 3.8) is 0 Å². The number of rotatable bonds is 1. The predicted molar refractivity (Wildman–Crippen MR) is 131 cm³/mol. The zero-order valence-corrected chi connectivity index (χ0v) is 19.2. The summed E-state index contributed by atoms with van der Waals surface area (Å²) in [5, 5.41) is 2.80. The van der Waals surface area contributed by atoms with Gasteiger partial charge in [0.05, 0.1) is 0 Å². The third kappa shape index (κ3) is 3.05. The van der Waals surface area contributed by atoms with Gasteiger partial charge in [0.2, 0.25) is 0 Å². The second-order valence-electron chi connectivity index (χ2n) is 10.8. The maximum atomic E-state index is 2.44. The highest BCUT2D eigenvalue weighted by atomic mass is 14.4. The molecule has 0 saturated heterocycles. The van der Waals surface area contributed by atoms with E-state index in [1.54, 1.807) is 5.57 Å². The van der Waals surface area contributed by atoms with Gasteiger partial charge in [-0.2, -0.15) is 0 Å². The van der Waals surface area contributed by atoms with Crippen LogP contribution in [-0.2, 0) is 5.41 Å². The lowest BCUT2D eigenvalue weighted by Gasteiger charge is -2.40. The number of hydrogen-bond donors (Lipinski definition) is 0. The van der Waals surface area contributed by atoms with Gasteiger partial charge >= 0.3 is 0 Å². The predicted octanol–water partition coefficient (Wildman–Crippen LogP) is 8.54. The zero-order valence-electron chi connectivity index (χ0n) is 19.2. The van der Waals surface area contributed by atoms with E-state index in [2.05, 4.69) is 102 Å². The van der Waals surface area contributed by atoms with Crippen molar-refractivity contribution in [2.24, 2.45) is 5.41 Å². The van der Waals surface area contributed by atoms with Gasteiger partial charge in [-0.3, -0.25) is 0 Å². The van der Waals surface area contributed by atoms with E-state index < -0.39 is 0 Å². The van der Waals surface area contributed by atoms with E-state index in [1.807, 2.05) is 0 Å². The first-order valence-electron chi connectivity index (χ1n) is 11.2. The third-order valence-electron chi connectivity index (χ3n) is 7.02. The van der Waals surface area contributed by atoms with Crippen LogP contribution >= 0.6 is 0 Å². The first-order chi connectivity index (χ1) is 14.1. The Kier molecular flexibility index (Phi) is 4.16. The van der Waals surface area contributed by atoms with Crippen LogP contribution in [0.25, 0.3) is 27.5 Å². The summed E-state index contributed by atoms with van der Waals surface area (Å²) in [6, 6.07) is 18.5. The number of hydrogen-bond acceptors (Lipinski definition) is 0. The van der Waals surface area contributed by atoms with Crippen LogP contribution in [0.2, 0.25) is 0 Å². The molecule has 30 heavy (non-hydrogen) atoms. The van der Waals surface area contributed by atoms with Gasteiger partial charge in [0.15, 0.2) is 0 Å². The van der Waals surface area contributed by atoms with Gasteiger partial charge in [0.1, 0.15) is 0 Å². The van der Waals surface area contributed by atoms with Crippen LogP contribution in [0.1, 0.15) is 62.8 Å². The minimum absolute atomic E-state index is 0.132. The molecule has 2 aliphatic rings. The maximum absolute atomic E-state index is 2.44. The number of aryl methyl sites for hydroxylation is 2. The van der Waals surface area contributed by atoms with E-state index in [4.69, 9.17) is 0 Å². The van der Waals surface area contributed by atoms with Crippen molar-refractivity contribution in [3.05, 3.63) is 88.5 Å². The van der Waals surface area contributed by atoms with Crippen molar-refractivity contribution < 1.29 is 0 Å². The summed E-state index contributed by atoms with van der Waals surface area (Å²) in [7, 11) is 0. The van der Waals surface area contributed by atoms with E-state index >= 15 is 0 Å². The van der Waals surface area contributed by atoms with Crippen molar-refractivity contribution >= 4 is 16.3 Å². The molecule has 0 nitrogen and oxygen atoms in total. The fraction of sp³-hybridized carbons (Fsp3) is 0.333. The Morgan fingerprint density at radius 3 is 2.17 bits per heavy atom. The molecule has 0 aliphatic heterocycles. The van der Waals surface area contributed by atoms with E-state index in [1.165, 1.54) is 56.1 Å². The molecule has 0 heteroatoms. The third-order valence-corrected chi connectivity index (χ3v) is 7.02. The summed E-state index contributed by atoms with van der Waals surface area (Å²) in [5.41, 5.74) is 11.8. The second kappa shape index (κ2) is 6.45. The Morgan fingerprint density at radius 2 is 1.43 bits per heavy atom. The van der Waals surface area contributed by atoms with Gasteiger partial charge in [-0.15, -0.1) is 0 Å². The Bertz CT molecular complexity index is 1230. The molecule has 3 aromatic rings. The highest BCUT2D eigenvalue weighted by Gasteiger charge is 2.36.